The highest BCUT2D eigenvalue weighted by Crippen LogP contribution is 2.42. The number of rotatable bonds is 16. The zero-order chi connectivity index (χ0) is 36.3. The van der Waals surface area contributed by atoms with Gasteiger partial charge in [0.15, 0.2) is 6.29 Å². The number of aliphatic hydroxyl groups excluding tert-OH is 1. The van der Waals surface area contributed by atoms with Crippen molar-refractivity contribution in [1.29, 1.82) is 0 Å². The Morgan fingerprint density at radius 3 is 2.33 bits per heavy atom. The van der Waals surface area contributed by atoms with Gasteiger partial charge in [-0.15, -0.1) is 0 Å². The van der Waals surface area contributed by atoms with Gasteiger partial charge in [-0.2, -0.15) is 0 Å². The van der Waals surface area contributed by atoms with Gasteiger partial charge >= 0.3 is 0 Å². The van der Waals surface area contributed by atoms with Crippen LogP contribution in [-0.4, -0.2) is 78.1 Å². The average molecular weight is 711 g/mol. The van der Waals surface area contributed by atoms with Crippen molar-refractivity contribution >= 4 is 11.8 Å². The molecule has 0 unspecified atom stereocenters. The molecule has 280 valence electrons. The van der Waals surface area contributed by atoms with Crippen LogP contribution in [0.2, 0.25) is 0 Å². The first-order chi connectivity index (χ1) is 25.4. The van der Waals surface area contributed by atoms with E-state index in [9.17, 15) is 14.7 Å². The third-order valence-electron chi connectivity index (χ3n) is 11.1. The Kier molecular flexibility index (Phi) is 13.9. The van der Waals surface area contributed by atoms with Gasteiger partial charge in [-0.25, -0.2) is 0 Å². The van der Waals surface area contributed by atoms with E-state index in [0.717, 1.165) is 72.3 Å². The summed E-state index contributed by atoms with van der Waals surface area (Å²) in [5.41, 5.74) is 6.21. The molecule has 2 amide bonds. The predicted molar refractivity (Wildman–Crippen MR) is 204 cm³/mol. The summed E-state index contributed by atoms with van der Waals surface area (Å²) in [7, 11) is 0. The maximum absolute atomic E-state index is 12.6. The van der Waals surface area contributed by atoms with Crippen LogP contribution in [0, 0.1) is 5.92 Å². The van der Waals surface area contributed by atoms with Crippen LogP contribution in [0.4, 0.5) is 0 Å². The highest BCUT2D eigenvalue weighted by molar-refractivity contribution is 5.76. The molecule has 0 aliphatic carbocycles. The Morgan fingerprint density at radius 2 is 1.58 bits per heavy atom. The molecule has 0 bridgehead atoms. The van der Waals surface area contributed by atoms with E-state index in [1.54, 1.807) is 0 Å². The minimum atomic E-state index is -0.509. The summed E-state index contributed by atoms with van der Waals surface area (Å²) in [6, 6.07) is 25.4. The van der Waals surface area contributed by atoms with Crippen molar-refractivity contribution in [2.24, 2.45) is 5.92 Å². The summed E-state index contributed by atoms with van der Waals surface area (Å²) >= 11 is 0. The highest BCUT2D eigenvalue weighted by Gasteiger charge is 2.41. The lowest BCUT2D eigenvalue weighted by Crippen LogP contribution is -2.48. The fraction of sp³-hybridized carbons (Fsp3) is 0.535. The number of benzene rings is 3. The van der Waals surface area contributed by atoms with Gasteiger partial charge in [0.25, 0.3) is 0 Å². The summed E-state index contributed by atoms with van der Waals surface area (Å²) in [5, 5.41) is 15.6. The number of carbonyl (C=O) groups excluding carboxylic acids is 2. The highest BCUT2D eigenvalue weighted by atomic mass is 16.7. The maximum Gasteiger partial charge on any atom is 0.220 e. The van der Waals surface area contributed by atoms with Crippen molar-refractivity contribution in [1.82, 2.24) is 20.4 Å². The Bertz CT molecular complexity index is 1580. The standard InChI is InChI=1S/C43H58N4O5/c1-31-40(29-47-26-10-12-38(47)28-46-24-8-9-25-46)51-43(52-42(31)35-17-15-33(30-48)16-18-35)36-21-19-34(20-22-36)39-13-6-5-11-37(39)27-45-41(50)14-4-3-7-23-44-32(2)49/h5-6,11,13,15-22,31,38,40,42-43,48H,3-4,7-10,12,14,23-30H2,1-2H3,(H,44,49)(H,45,50)/t31-,38-,40+,42+,43+/m0/s1. The monoisotopic (exact) mass is 710 g/mol. The van der Waals surface area contributed by atoms with Crippen molar-refractivity contribution in [2.45, 2.75) is 103 Å². The van der Waals surface area contributed by atoms with Crippen molar-refractivity contribution in [3.63, 3.8) is 0 Å². The average Bonchev–Trinajstić information content (AvgIpc) is 3.85. The van der Waals surface area contributed by atoms with Gasteiger partial charge in [0.1, 0.15) is 0 Å². The van der Waals surface area contributed by atoms with Crippen molar-refractivity contribution in [2.75, 3.05) is 39.3 Å². The van der Waals surface area contributed by atoms with Gasteiger partial charge in [-0.05, 0) is 86.0 Å². The van der Waals surface area contributed by atoms with Crippen LogP contribution in [-0.2, 0) is 32.2 Å². The molecule has 0 radical (unpaired) electrons. The molecule has 0 saturated carbocycles. The fourth-order valence-electron chi connectivity index (χ4n) is 8.07. The normalized spacial score (nSPS) is 23.9. The largest absolute Gasteiger partial charge is 0.392 e. The van der Waals surface area contributed by atoms with E-state index in [0.29, 0.717) is 25.6 Å². The Labute approximate surface area is 310 Å². The first-order valence-corrected chi connectivity index (χ1v) is 19.5. The van der Waals surface area contributed by atoms with E-state index >= 15 is 0 Å². The molecular formula is C43H58N4O5. The van der Waals surface area contributed by atoms with Crippen LogP contribution in [0.3, 0.4) is 0 Å². The zero-order valence-corrected chi connectivity index (χ0v) is 31.1. The van der Waals surface area contributed by atoms with E-state index in [2.05, 4.69) is 75.9 Å². The van der Waals surface area contributed by atoms with Crippen LogP contribution < -0.4 is 10.6 Å². The zero-order valence-electron chi connectivity index (χ0n) is 31.1. The second-order valence-corrected chi connectivity index (χ2v) is 15.0. The maximum atomic E-state index is 12.6. The number of hydrogen-bond donors (Lipinski definition) is 3. The molecule has 3 N–H and O–H groups in total. The molecule has 0 spiro atoms. The van der Waals surface area contributed by atoms with E-state index in [4.69, 9.17) is 9.47 Å². The summed E-state index contributed by atoms with van der Waals surface area (Å²) in [4.78, 5) is 29.0. The lowest BCUT2D eigenvalue weighted by atomic mass is 9.89. The molecule has 9 heteroatoms. The molecule has 3 aliphatic rings. The van der Waals surface area contributed by atoms with Gasteiger partial charge in [0, 0.05) is 57.0 Å². The molecule has 3 aliphatic heterocycles. The van der Waals surface area contributed by atoms with Crippen LogP contribution in [0.15, 0.2) is 72.8 Å². The second-order valence-electron chi connectivity index (χ2n) is 15.0. The minimum Gasteiger partial charge on any atom is -0.392 e. The summed E-state index contributed by atoms with van der Waals surface area (Å²) in [6.45, 7) is 10.5. The molecule has 5 atom stereocenters. The number of hydrogen-bond acceptors (Lipinski definition) is 7. The number of ether oxygens (including phenoxy) is 2. The molecule has 9 nitrogen and oxygen atoms in total. The summed E-state index contributed by atoms with van der Waals surface area (Å²) in [6.07, 6.45) is 7.51. The third-order valence-corrected chi connectivity index (χ3v) is 11.1. The lowest BCUT2D eigenvalue weighted by Gasteiger charge is -2.43. The Hall–Kier alpha value is -3.60. The molecule has 52 heavy (non-hydrogen) atoms. The van der Waals surface area contributed by atoms with Gasteiger partial charge in [0.2, 0.25) is 11.8 Å². The van der Waals surface area contributed by atoms with E-state index < -0.39 is 6.29 Å². The van der Waals surface area contributed by atoms with E-state index in [-0.39, 0.29) is 36.5 Å². The number of unbranched alkanes of at least 4 members (excludes halogenated alkanes) is 2. The quantitative estimate of drug-likeness (QED) is 0.146. The van der Waals surface area contributed by atoms with Gasteiger partial charge in [-0.3, -0.25) is 14.5 Å². The van der Waals surface area contributed by atoms with Gasteiger partial charge in [-0.1, -0.05) is 86.1 Å². The molecule has 3 aromatic carbocycles. The Morgan fingerprint density at radius 1 is 0.827 bits per heavy atom. The predicted octanol–water partition coefficient (Wildman–Crippen LogP) is 6.51. The molecule has 3 aromatic rings. The Balaban J connectivity index is 1.12. The first kappa shape index (κ1) is 38.1. The van der Waals surface area contributed by atoms with Crippen LogP contribution in [0.5, 0.6) is 0 Å². The van der Waals surface area contributed by atoms with Gasteiger partial charge in [0.05, 0.1) is 18.8 Å². The SMILES string of the molecule is CC(=O)NCCCCCC(=O)NCc1ccccc1-c1ccc([C@@H]2O[C@H](CN3CCC[C@H]3CN3CCCC3)[C@H](C)[C@H](c3ccc(CO)cc3)O2)cc1. The fourth-order valence-corrected chi connectivity index (χ4v) is 8.07. The van der Waals surface area contributed by atoms with Crippen LogP contribution in [0.1, 0.15) is 99.9 Å². The van der Waals surface area contributed by atoms with Crippen LogP contribution in [0.25, 0.3) is 11.1 Å². The number of amides is 2. The molecule has 6 rings (SSSR count). The molecule has 3 saturated heterocycles. The van der Waals surface area contributed by atoms with E-state index in [1.165, 1.54) is 45.7 Å². The lowest BCUT2D eigenvalue weighted by molar-refractivity contribution is -0.276. The summed E-state index contributed by atoms with van der Waals surface area (Å²) < 4.78 is 13.7. The third kappa shape index (κ3) is 10.3. The number of aliphatic hydroxyl groups is 1. The van der Waals surface area contributed by atoms with Crippen molar-refractivity contribution in [3.8, 4) is 11.1 Å². The van der Waals surface area contributed by atoms with Crippen LogP contribution >= 0.6 is 0 Å². The van der Waals surface area contributed by atoms with Gasteiger partial charge < -0.3 is 30.1 Å². The molecule has 3 fully saturated rings. The molecule has 3 heterocycles. The number of likely N-dealkylation sites (tertiary alicyclic amines) is 2. The van der Waals surface area contributed by atoms with Crippen molar-refractivity contribution < 1.29 is 24.2 Å². The summed E-state index contributed by atoms with van der Waals surface area (Å²) in [5.74, 6) is 0.167. The number of carbonyl (C=O) groups is 2. The first-order valence-electron chi connectivity index (χ1n) is 19.5. The smallest absolute Gasteiger partial charge is 0.220 e. The minimum absolute atomic E-state index is 0.00155. The number of nitrogens with zero attached hydrogens (tertiary/aromatic N) is 2. The second kappa shape index (κ2) is 18.9. The molecule has 0 aromatic heterocycles. The molecular weight excluding hydrogens is 652 g/mol. The van der Waals surface area contributed by atoms with Crippen molar-refractivity contribution in [3.05, 3.63) is 95.1 Å². The number of nitrogens with one attached hydrogen (secondary N) is 2. The van der Waals surface area contributed by atoms with E-state index in [1.807, 2.05) is 24.3 Å². The topological polar surface area (TPSA) is 103 Å².